The highest BCUT2D eigenvalue weighted by Gasteiger charge is 2.08. The Kier molecular flexibility index (Phi) is 7.57. The SMILES string of the molecule is CNCc1cccc(OCCOCCN2CCCCC2)c1. The van der Waals surface area contributed by atoms with E-state index in [1.807, 2.05) is 19.2 Å². The molecule has 0 bridgehead atoms. The molecular formula is C17H28N2O2. The van der Waals surface area contributed by atoms with Crippen molar-refractivity contribution in [2.75, 3.05) is 46.5 Å². The van der Waals surface area contributed by atoms with Gasteiger partial charge >= 0.3 is 0 Å². The third-order valence-electron chi connectivity index (χ3n) is 3.78. The van der Waals surface area contributed by atoms with Gasteiger partial charge in [0.1, 0.15) is 12.4 Å². The molecule has 1 fully saturated rings. The van der Waals surface area contributed by atoms with Crippen LogP contribution in [0, 0.1) is 0 Å². The van der Waals surface area contributed by atoms with Gasteiger partial charge in [-0.1, -0.05) is 18.6 Å². The maximum absolute atomic E-state index is 5.72. The first-order valence-corrected chi connectivity index (χ1v) is 8.05. The van der Waals surface area contributed by atoms with Gasteiger partial charge in [0.2, 0.25) is 0 Å². The average molecular weight is 292 g/mol. The molecule has 0 amide bonds. The maximum Gasteiger partial charge on any atom is 0.119 e. The zero-order chi connectivity index (χ0) is 14.8. The summed E-state index contributed by atoms with van der Waals surface area (Å²) in [7, 11) is 1.95. The van der Waals surface area contributed by atoms with Gasteiger partial charge in [0, 0.05) is 13.1 Å². The van der Waals surface area contributed by atoms with E-state index in [9.17, 15) is 0 Å². The molecule has 0 spiro atoms. The Balaban J connectivity index is 1.53. The molecule has 0 radical (unpaired) electrons. The normalized spacial score (nSPS) is 16.0. The van der Waals surface area contributed by atoms with Crippen LogP contribution >= 0.6 is 0 Å². The molecule has 1 aliphatic heterocycles. The molecule has 4 heteroatoms. The smallest absolute Gasteiger partial charge is 0.119 e. The summed E-state index contributed by atoms with van der Waals surface area (Å²) in [5.41, 5.74) is 1.24. The molecule has 0 saturated carbocycles. The summed E-state index contributed by atoms with van der Waals surface area (Å²) in [6.07, 6.45) is 4.07. The lowest BCUT2D eigenvalue weighted by atomic mass is 10.1. The summed E-state index contributed by atoms with van der Waals surface area (Å²) >= 11 is 0. The summed E-state index contributed by atoms with van der Waals surface area (Å²) in [5.74, 6) is 0.919. The van der Waals surface area contributed by atoms with Gasteiger partial charge in [-0.3, -0.25) is 0 Å². The van der Waals surface area contributed by atoms with Crippen LogP contribution in [0.2, 0.25) is 0 Å². The van der Waals surface area contributed by atoms with Crippen LogP contribution in [-0.4, -0.2) is 51.4 Å². The zero-order valence-corrected chi connectivity index (χ0v) is 13.1. The fraction of sp³-hybridized carbons (Fsp3) is 0.647. The number of nitrogens with zero attached hydrogens (tertiary/aromatic N) is 1. The molecule has 0 atom stereocenters. The van der Waals surface area contributed by atoms with Crippen LogP contribution in [0.1, 0.15) is 24.8 Å². The van der Waals surface area contributed by atoms with Crippen LogP contribution in [0.15, 0.2) is 24.3 Å². The van der Waals surface area contributed by atoms with Crippen LogP contribution in [-0.2, 0) is 11.3 Å². The number of ether oxygens (including phenoxy) is 2. The molecule has 1 N–H and O–H groups in total. The lowest BCUT2D eigenvalue weighted by Gasteiger charge is -2.26. The first-order chi connectivity index (χ1) is 10.4. The van der Waals surface area contributed by atoms with Crippen molar-refractivity contribution in [3.05, 3.63) is 29.8 Å². The summed E-state index contributed by atoms with van der Waals surface area (Å²) in [6.45, 7) is 6.47. The highest BCUT2D eigenvalue weighted by Crippen LogP contribution is 2.13. The van der Waals surface area contributed by atoms with Crippen molar-refractivity contribution in [2.45, 2.75) is 25.8 Å². The Morgan fingerprint density at radius 2 is 1.95 bits per heavy atom. The molecule has 2 rings (SSSR count). The van der Waals surface area contributed by atoms with Crippen LogP contribution in [0.25, 0.3) is 0 Å². The molecule has 1 aliphatic rings. The third-order valence-corrected chi connectivity index (χ3v) is 3.78. The molecule has 4 nitrogen and oxygen atoms in total. The number of benzene rings is 1. The molecule has 1 aromatic carbocycles. The molecule has 1 saturated heterocycles. The Morgan fingerprint density at radius 1 is 1.10 bits per heavy atom. The van der Waals surface area contributed by atoms with Gasteiger partial charge in [-0.05, 0) is 50.7 Å². The fourth-order valence-corrected chi connectivity index (χ4v) is 2.65. The van der Waals surface area contributed by atoms with Gasteiger partial charge in [-0.25, -0.2) is 0 Å². The monoisotopic (exact) mass is 292 g/mol. The lowest BCUT2D eigenvalue weighted by molar-refractivity contribution is 0.0750. The van der Waals surface area contributed by atoms with Crippen molar-refractivity contribution in [2.24, 2.45) is 0 Å². The van der Waals surface area contributed by atoms with Gasteiger partial charge in [-0.15, -0.1) is 0 Å². The predicted molar refractivity (Wildman–Crippen MR) is 85.8 cm³/mol. The Bertz CT molecular complexity index is 392. The van der Waals surface area contributed by atoms with Crippen LogP contribution in [0.5, 0.6) is 5.75 Å². The van der Waals surface area contributed by atoms with Gasteiger partial charge in [0.25, 0.3) is 0 Å². The standard InChI is InChI=1S/C17H28N2O2/c1-18-15-16-6-5-7-17(14-16)21-13-12-20-11-10-19-8-3-2-4-9-19/h5-7,14,18H,2-4,8-13,15H2,1H3. The second-order valence-corrected chi connectivity index (χ2v) is 5.54. The van der Waals surface area contributed by atoms with E-state index in [1.54, 1.807) is 0 Å². The van der Waals surface area contributed by atoms with Crippen molar-refractivity contribution in [1.82, 2.24) is 10.2 Å². The molecule has 0 unspecified atom stereocenters. The maximum atomic E-state index is 5.72. The third kappa shape index (κ3) is 6.46. The van der Waals surface area contributed by atoms with E-state index in [4.69, 9.17) is 9.47 Å². The van der Waals surface area contributed by atoms with Gasteiger partial charge in [0.15, 0.2) is 0 Å². The van der Waals surface area contributed by atoms with Crippen LogP contribution < -0.4 is 10.1 Å². The number of piperidine rings is 1. The minimum Gasteiger partial charge on any atom is -0.491 e. The highest BCUT2D eigenvalue weighted by molar-refractivity contribution is 5.28. The second kappa shape index (κ2) is 9.77. The Labute approximate surface area is 128 Å². The predicted octanol–water partition coefficient (Wildman–Crippen LogP) is 2.29. The highest BCUT2D eigenvalue weighted by atomic mass is 16.5. The molecule has 118 valence electrons. The van der Waals surface area contributed by atoms with Crippen molar-refractivity contribution >= 4 is 0 Å². The van der Waals surface area contributed by atoms with Gasteiger partial charge in [0.05, 0.1) is 13.2 Å². The quantitative estimate of drug-likeness (QED) is 0.708. The van der Waals surface area contributed by atoms with E-state index in [-0.39, 0.29) is 0 Å². The molecule has 1 heterocycles. The number of nitrogens with one attached hydrogen (secondary N) is 1. The summed E-state index contributed by atoms with van der Waals surface area (Å²) in [4.78, 5) is 2.49. The first-order valence-electron chi connectivity index (χ1n) is 8.05. The minimum absolute atomic E-state index is 0.614. The van der Waals surface area contributed by atoms with Crippen molar-refractivity contribution in [3.8, 4) is 5.75 Å². The van der Waals surface area contributed by atoms with E-state index >= 15 is 0 Å². The zero-order valence-electron chi connectivity index (χ0n) is 13.1. The summed E-state index contributed by atoms with van der Waals surface area (Å²) in [6, 6.07) is 8.19. The number of hydrogen-bond acceptors (Lipinski definition) is 4. The van der Waals surface area contributed by atoms with Gasteiger partial charge in [-0.2, -0.15) is 0 Å². The van der Waals surface area contributed by atoms with Crippen molar-refractivity contribution in [3.63, 3.8) is 0 Å². The van der Waals surface area contributed by atoms with Crippen LogP contribution in [0.3, 0.4) is 0 Å². The van der Waals surface area contributed by atoms with Crippen LogP contribution in [0.4, 0.5) is 0 Å². The second-order valence-electron chi connectivity index (χ2n) is 5.54. The number of rotatable bonds is 9. The van der Waals surface area contributed by atoms with Crippen molar-refractivity contribution in [1.29, 1.82) is 0 Å². The topological polar surface area (TPSA) is 33.7 Å². The Morgan fingerprint density at radius 3 is 2.76 bits per heavy atom. The number of likely N-dealkylation sites (tertiary alicyclic amines) is 1. The summed E-state index contributed by atoms with van der Waals surface area (Å²) in [5, 5.41) is 3.14. The first kappa shape index (κ1) is 16.3. The Hall–Kier alpha value is -1.10. The minimum atomic E-state index is 0.614. The van der Waals surface area contributed by atoms with Crippen molar-refractivity contribution < 1.29 is 9.47 Å². The molecular weight excluding hydrogens is 264 g/mol. The lowest BCUT2D eigenvalue weighted by Crippen LogP contribution is -2.32. The van der Waals surface area contributed by atoms with E-state index < -0.39 is 0 Å². The molecule has 0 aliphatic carbocycles. The molecule has 21 heavy (non-hydrogen) atoms. The molecule has 1 aromatic rings. The fourth-order valence-electron chi connectivity index (χ4n) is 2.65. The molecule has 0 aromatic heterocycles. The van der Waals surface area contributed by atoms with Gasteiger partial charge < -0.3 is 19.7 Å². The largest absolute Gasteiger partial charge is 0.491 e. The summed E-state index contributed by atoms with van der Waals surface area (Å²) < 4.78 is 11.4. The van der Waals surface area contributed by atoms with E-state index in [0.29, 0.717) is 13.2 Å². The van der Waals surface area contributed by atoms with E-state index in [1.165, 1.54) is 37.9 Å². The van der Waals surface area contributed by atoms with E-state index in [2.05, 4.69) is 22.3 Å². The van der Waals surface area contributed by atoms with E-state index in [0.717, 1.165) is 25.4 Å². The average Bonchev–Trinajstić information content (AvgIpc) is 2.52. The number of hydrogen-bond donors (Lipinski definition) is 1.